The summed E-state index contributed by atoms with van der Waals surface area (Å²) in [4.78, 5) is 16.5. The number of carbonyl (C=O) groups is 1. The predicted octanol–water partition coefficient (Wildman–Crippen LogP) is 3.83. The van der Waals surface area contributed by atoms with Crippen LogP contribution >= 0.6 is 11.3 Å². The molecule has 19 heavy (non-hydrogen) atoms. The fourth-order valence-electron chi connectivity index (χ4n) is 2.08. The maximum atomic E-state index is 12.4. The average Bonchev–Trinajstić information content (AvgIpc) is 2.84. The molecule has 0 aliphatic heterocycles. The van der Waals surface area contributed by atoms with E-state index in [9.17, 15) is 4.79 Å². The van der Waals surface area contributed by atoms with Crippen molar-refractivity contribution >= 4 is 22.4 Å². The molecule has 0 bridgehead atoms. The number of aromatic nitrogens is 1. The molecule has 0 saturated heterocycles. The van der Waals surface area contributed by atoms with Gasteiger partial charge in [-0.15, -0.1) is 11.3 Å². The van der Waals surface area contributed by atoms with E-state index in [-0.39, 0.29) is 17.7 Å². The Balaban J connectivity index is 2.20. The molecule has 0 spiro atoms. The molecule has 100 valence electrons. The van der Waals surface area contributed by atoms with E-state index in [1.54, 1.807) is 6.20 Å². The molecule has 1 aromatic heterocycles. The quantitative estimate of drug-likeness (QED) is 0.920. The Morgan fingerprint density at radius 1 is 1.26 bits per heavy atom. The van der Waals surface area contributed by atoms with Gasteiger partial charge in [-0.25, -0.2) is 4.98 Å². The lowest BCUT2D eigenvalue weighted by Crippen LogP contribution is -2.25. The second-order valence-corrected chi connectivity index (χ2v) is 5.85. The zero-order valence-electron chi connectivity index (χ0n) is 11.4. The van der Waals surface area contributed by atoms with Gasteiger partial charge in [-0.3, -0.25) is 4.79 Å². The van der Waals surface area contributed by atoms with Crippen LogP contribution in [0.1, 0.15) is 30.9 Å². The number of thiazole rings is 1. The highest BCUT2D eigenvalue weighted by Gasteiger charge is 2.24. The number of rotatable bonds is 4. The van der Waals surface area contributed by atoms with Gasteiger partial charge < -0.3 is 5.32 Å². The van der Waals surface area contributed by atoms with E-state index in [1.165, 1.54) is 16.9 Å². The minimum absolute atomic E-state index is 0.00815. The average molecular weight is 274 g/mol. The van der Waals surface area contributed by atoms with Crippen molar-refractivity contribution in [3.63, 3.8) is 0 Å². The number of benzene rings is 1. The lowest BCUT2D eigenvalue weighted by atomic mass is 9.87. The van der Waals surface area contributed by atoms with Crippen molar-refractivity contribution in [1.82, 2.24) is 4.98 Å². The number of hydrogen-bond acceptors (Lipinski definition) is 3. The van der Waals surface area contributed by atoms with E-state index in [1.807, 2.05) is 36.6 Å². The van der Waals surface area contributed by atoms with Gasteiger partial charge in [-0.1, -0.05) is 43.7 Å². The van der Waals surface area contributed by atoms with Crippen LogP contribution in [0.4, 0.5) is 5.13 Å². The normalized spacial score (nSPS) is 12.4. The Hall–Kier alpha value is -1.68. The smallest absolute Gasteiger partial charge is 0.233 e. The molecule has 0 saturated carbocycles. The summed E-state index contributed by atoms with van der Waals surface area (Å²) in [6, 6.07) is 8.14. The van der Waals surface area contributed by atoms with Gasteiger partial charge >= 0.3 is 0 Å². The summed E-state index contributed by atoms with van der Waals surface area (Å²) >= 11 is 1.43. The molecule has 0 aliphatic carbocycles. The first kappa shape index (κ1) is 13.7. The highest BCUT2D eigenvalue weighted by Crippen LogP contribution is 2.26. The number of nitrogens with one attached hydrogen (secondary N) is 1. The molecule has 3 nitrogen and oxygen atoms in total. The maximum absolute atomic E-state index is 12.4. The fraction of sp³-hybridized carbons (Fsp3) is 0.333. The maximum Gasteiger partial charge on any atom is 0.233 e. The first-order valence-electron chi connectivity index (χ1n) is 6.35. The Morgan fingerprint density at radius 2 is 1.95 bits per heavy atom. The second-order valence-electron chi connectivity index (χ2n) is 4.96. The summed E-state index contributed by atoms with van der Waals surface area (Å²) in [6.45, 7) is 6.17. The zero-order valence-corrected chi connectivity index (χ0v) is 12.2. The lowest BCUT2D eigenvalue weighted by molar-refractivity contribution is -0.118. The van der Waals surface area contributed by atoms with Crippen molar-refractivity contribution in [1.29, 1.82) is 0 Å². The number of anilines is 1. The predicted molar refractivity (Wildman–Crippen MR) is 79.5 cm³/mol. The summed E-state index contributed by atoms with van der Waals surface area (Å²) < 4.78 is 0. The van der Waals surface area contributed by atoms with E-state index >= 15 is 0 Å². The minimum Gasteiger partial charge on any atom is -0.301 e. The van der Waals surface area contributed by atoms with Crippen LogP contribution in [0.25, 0.3) is 0 Å². The summed E-state index contributed by atoms with van der Waals surface area (Å²) in [5.41, 5.74) is 2.25. The first-order valence-corrected chi connectivity index (χ1v) is 7.23. The molecule has 0 aliphatic rings. The third-order valence-corrected chi connectivity index (χ3v) is 3.74. The number of carbonyl (C=O) groups excluding carboxylic acids is 1. The highest BCUT2D eigenvalue weighted by molar-refractivity contribution is 7.13. The van der Waals surface area contributed by atoms with Gasteiger partial charge in [0.1, 0.15) is 0 Å². The van der Waals surface area contributed by atoms with Gasteiger partial charge in [-0.05, 0) is 18.4 Å². The molecule has 1 unspecified atom stereocenters. The molecule has 1 N–H and O–H groups in total. The monoisotopic (exact) mass is 274 g/mol. The van der Waals surface area contributed by atoms with E-state index < -0.39 is 0 Å². The van der Waals surface area contributed by atoms with E-state index in [0.717, 1.165) is 5.56 Å². The lowest BCUT2D eigenvalue weighted by Gasteiger charge is -2.20. The van der Waals surface area contributed by atoms with Gasteiger partial charge in [0.05, 0.1) is 5.92 Å². The summed E-state index contributed by atoms with van der Waals surface area (Å²) in [7, 11) is 0. The summed E-state index contributed by atoms with van der Waals surface area (Å²) in [5.74, 6) is 0.0981. The van der Waals surface area contributed by atoms with Crippen LogP contribution < -0.4 is 5.32 Å². The molecule has 1 atom stereocenters. The second kappa shape index (κ2) is 5.97. The molecule has 2 rings (SSSR count). The van der Waals surface area contributed by atoms with E-state index in [2.05, 4.69) is 24.1 Å². The molecular formula is C15H18N2OS. The minimum atomic E-state index is -0.149. The molecule has 1 aromatic carbocycles. The van der Waals surface area contributed by atoms with Gasteiger partial charge in [0.25, 0.3) is 0 Å². The number of hydrogen-bond donors (Lipinski definition) is 1. The van der Waals surface area contributed by atoms with Crippen LogP contribution in [0.5, 0.6) is 0 Å². The molecule has 4 heteroatoms. The van der Waals surface area contributed by atoms with E-state index in [4.69, 9.17) is 0 Å². The van der Waals surface area contributed by atoms with Crippen LogP contribution in [0, 0.1) is 12.8 Å². The van der Waals surface area contributed by atoms with Crippen molar-refractivity contribution in [2.24, 2.45) is 5.92 Å². The number of nitrogens with zero attached hydrogens (tertiary/aromatic N) is 1. The number of amides is 1. The summed E-state index contributed by atoms with van der Waals surface area (Å²) in [6.07, 6.45) is 1.69. The van der Waals surface area contributed by atoms with Gasteiger partial charge in [-0.2, -0.15) is 0 Å². The standard InChI is InChI=1S/C15H18N2OS/c1-10(2)13(12-6-4-11(3)5-7-12)14(18)17-15-16-8-9-19-15/h4-10,13H,1-3H3,(H,16,17,18). The summed E-state index contributed by atoms with van der Waals surface area (Å²) in [5, 5.41) is 5.39. The highest BCUT2D eigenvalue weighted by atomic mass is 32.1. The number of aryl methyl sites for hydroxylation is 1. The third-order valence-electron chi connectivity index (χ3n) is 3.05. The molecule has 0 fully saturated rings. The molecule has 2 aromatic rings. The van der Waals surface area contributed by atoms with Crippen LogP contribution in [-0.4, -0.2) is 10.9 Å². The Bertz CT molecular complexity index is 532. The van der Waals surface area contributed by atoms with Gasteiger partial charge in [0.15, 0.2) is 5.13 Å². The van der Waals surface area contributed by atoms with Crippen molar-refractivity contribution in [3.05, 3.63) is 47.0 Å². The van der Waals surface area contributed by atoms with Crippen molar-refractivity contribution in [3.8, 4) is 0 Å². The van der Waals surface area contributed by atoms with Crippen LogP contribution in [-0.2, 0) is 4.79 Å². The van der Waals surface area contributed by atoms with Crippen LogP contribution in [0.15, 0.2) is 35.8 Å². The SMILES string of the molecule is Cc1ccc(C(C(=O)Nc2nccs2)C(C)C)cc1. The van der Waals surface area contributed by atoms with Crippen molar-refractivity contribution < 1.29 is 4.79 Å². The van der Waals surface area contributed by atoms with Crippen molar-refractivity contribution in [2.75, 3.05) is 5.32 Å². The molecule has 0 radical (unpaired) electrons. The van der Waals surface area contributed by atoms with Gasteiger partial charge in [0, 0.05) is 11.6 Å². The van der Waals surface area contributed by atoms with E-state index in [0.29, 0.717) is 5.13 Å². The fourth-order valence-corrected chi connectivity index (χ4v) is 2.61. The molecule has 1 heterocycles. The first-order chi connectivity index (χ1) is 9.08. The molecule has 1 amide bonds. The van der Waals surface area contributed by atoms with Gasteiger partial charge in [0.2, 0.25) is 5.91 Å². The van der Waals surface area contributed by atoms with Crippen LogP contribution in [0.2, 0.25) is 0 Å². The Labute approximate surface area is 117 Å². The Morgan fingerprint density at radius 3 is 2.47 bits per heavy atom. The van der Waals surface area contributed by atoms with Crippen molar-refractivity contribution in [2.45, 2.75) is 26.7 Å². The topological polar surface area (TPSA) is 42.0 Å². The largest absolute Gasteiger partial charge is 0.301 e. The Kier molecular flexibility index (Phi) is 4.32. The van der Waals surface area contributed by atoms with Crippen LogP contribution in [0.3, 0.4) is 0 Å². The third kappa shape index (κ3) is 3.41. The molecular weight excluding hydrogens is 256 g/mol. The zero-order chi connectivity index (χ0) is 13.8.